The van der Waals surface area contributed by atoms with Gasteiger partial charge in [-0.3, -0.25) is 4.79 Å². The molecule has 0 saturated carbocycles. The van der Waals surface area contributed by atoms with Crippen LogP contribution in [0.15, 0.2) is 59.8 Å². The summed E-state index contributed by atoms with van der Waals surface area (Å²) in [6.45, 7) is 0.325. The molecule has 1 aliphatic rings. The fourth-order valence-corrected chi connectivity index (χ4v) is 2.83. The van der Waals surface area contributed by atoms with Crippen molar-refractivity contribution in [3.8, 4) is 17.2 Å². The number of carbonyl (C=O) groups is 1. The lowest BCUT2D eigenvalue weighted by Crippen LogP contribution is -2.34. The monoisotopic (exact) mass is 319 g/mol. The van der Waals surface area contributed by atoms with Gasteiger partial charge < -0.3 is 9.74 Å². The number of oxime groups is 1. The number of rotatable bonds is 3. The first kappa shape index (κ1) is 15.8. The van der Waals surface area contributed by atoms with Crippen molar-refractivity contribution >= 4 is 11.6 Å². The van der Waals surface area contributed by atoms with Crippen molar-refractivity contribution in [1.29, 1.82) is 5.26 Å². The lowest BCUT2D eigenvalue weighted by Gasteiger charge is -2.18. The second kappa shape index (κ2) is 6.97. The van der Waals surface area contributed by atoms with Gasteiger partial charge in [0.15, 0.2) is 0 Å². The van der Waals surface area contributed by atoms with E-state index in [0.717, 1.165) is 11.1 Å². The maximum absolute atomic E-state index is 12.7. The number of amides is 1. The molecule has 24 heavy (non-hydrogen) atoms. The van der Waals surface area contributed by atoms with Crippen LogP contribution in [0.5, 0.6) is 0 Å². The molecule has 0 aromatic heterocycles. The van der Waals surface area contributed by atoms with E-state index in [4.69, 9.17) is 4.84 Å². The van der Waals surface area contributed by atoms with Crippen molar-refractivity contribution in [2.75, 3.05) is 13.7 Å². The number of nitriles is 1. The van der Waals surface area contributed by atoms with Crippen LogP contribution in [-0.4, -0.2) is 36.2 Å². The molecule has 0 unspecified atom stereocenters. The summed E-state index contributed by atoms with van der Waals surface area (Å²) in [5.74, 6) is -0.164. The fourth-order valence-electron chi connectivity index (χ4n) is 2.83. The first-order valence-corrected chi connectivity index (χ1v) is 7.68. The maximum Gasteiger partial charge on any atom is 0.255 e. The second-order valence-corrected chi connectivity index (χ2v) is 5.57. The molecular weight excluding hydrogens is 302 g/mol. The predicted octanol–water partition coefficient (Wildman–Crippen LogP) is 3.09. The van der Waals surface area contributed by atoms with Crippen LogP contribution in [0.1, 0.15) is 16.8 Å². The Morgan fingerprint density at radius 3 is 2.46 bits per heavy atom. The smallest absolute Gasteiger partial charge is 0.255 e. The molecule has 5 heteroatoms. The summed E-state index contributed by atoms with van der Waals surface area (Å²) in [7, 11) is 1.46. The third kappa shape index (κ3) is 3.13. The Bertz CT molecular complexity index is 792. The topological polar surface area (TPSA) is 65.7 Å². The molecule has 1 amide bonds. The minimum Gasteiger partial charge on any atom is -0.399 e. The van der Waals surface area contributed by atoms with Gasteiger partial charge in [0.2, 0.25) is 0 Å². The van der Waals surface area contributed by atoms with Gasteiger partial charge in [0.25, 0.3) is 5.91 Å². The lowest BCUT2D eigenvalue weighted by molar-refractivity contribution is 0.0769. The van der Waals surface area contributed by atoms with E-state index < -0.39 is 6.04 Å². The Balaban J connectivity index is 1.80. The molecule has 0 spiro atoms. The Labute approximate surface area is 140 Å². The van der Waals surface area contributed by atoms with Gasteiger partial charge in [-0.05, 0) is 23.3 Å². The molecule has 5 nitrogen and oxygen atoms in total. The Morgan fingerprint density at radius 1 is 1.17 bits per heavy atom. The summed E-state index contributed by atoms with van der Waals surface area (Å²) in [5.41, 5.74) is 3.42. The van der Waals surface area contributed by atoms with Crippen LogP contribution >= 0.6 is 0 Å². The van der Waals surface area contributed by atoms with E-state index in [9.17, 15) is 10.1 Å². The van der Waals surface area contributed by atoms with Gasteiger partial charge in [-0.2, -0.15) is 5.26 Å². The van der Waals surface area contributed by atoms with Crippen molar-refractivity contribution in [2.45, 2.75) is 12.5 Å². The number of carbonyl (C=O) groups excluding carboxylic acids is 1. The Morgan fingerprint density at radius 2 is 1.83 bits per heavy atom. The molecule has 1 fully saturated rings. The summed E-state index contributed by atoms with van der Waals surface area (Å²) in [5, 5.41) is 13.1. The average Bonchev–Trinajstić information content (AvgIpc) is 3.05. The molecule has 0 N–H and O–H groups in total. The van der Waals surface area contributed by atoms with Crippen LogP contribution in [0.2, 0.25) is 0 Å². The number of benzene rings is 2. The summed E-state index contributed by atoms with van der Waals surface area (Å²) in [6, 6.07) is 19.1. The van der Waals surface area contributed by atoms with E-state index in [2.05, 4.69) is 11.2 Å². The average molecular weight is 319 g/mol. The zero-order valence-corrected chi connectivity index (χ0v) is 13.3. The molecule has 0 aliphatic carbocycles. The van der Waals surface area contributed by atoms with Crippen molar-refractivity contribution < 1.29 is 9.63 Å². The van der Waals surface area contributed by atoms with Crippen LogP contribution in [-0.2, 0) is 4.84 Å². The lowest BCUT2D eigenvalue weighted by atomic mass is 10.0. The van der Waals surface area contributed by atoms with Gasteiger partial charge in [0.05, 0.1) is 18.3 Å². The molecule has 0 radical (unpaired) electrons. The van der Waals surface area contributed by atoms with Gasteiger partial charge in [0, 0.05) is 12.0 Å². The highest BCUT2D eigenvalue weighted by atomic mass is 16.6. The zero-order chi connectivity index (χ0) is 16.9. The normalized spacial score (nSPS) is 18.4. The summed E-state index contributed by atoms with van der Waals surface area (Å²) < 4.78 is 0. The fraction of sp³-hybridized carbons (Fsp3) is 0.211. The van der Waals surface area contributed by atoms with Crippen molar-refractivity contribution in [1.82, 2.24) is 4.90 Å². The summed E-state index contributed by atoms with van der Waals surface area (Å²) in [4.78, 5) is 19.0. The summed E-state index contributed by atoms with van der Waals surface area (Å²) in [6.07, 6.45) is 0.429. The molecule has 1 heterocycles. The second-order valence-electron chi connectivity index (χ2n) is 5.57. The third-order valence-electron chi connectivity index (χ3n) is 4.03. The first-order valence-electron chi connectivity index (χ1n) is 7.68. The molecule has 0 bridgehead atoms. The van der Waals surface area contributed by atoms with E-state index >= 15 is 0 Å². The van der Waals surface area contributed by atoms with Crippen molar-refractivity contribution in [3.63, 3.8) is 0 Å². The van der Waals surface area contributed by atoms with Crippen LogP contribution in [0.25, 0.3) is 11.1 Å². The third-order valence-corrected chi connectivity index (χ3v) is 4.03. The molecule has 1 saturated heterocycles. The van der Waals surface area contributed by atoms with Crippen molar-refractivity contribution in [3.05, 3.63) is 60.2 Å². The molecule has 2 aromatic carbocycles. The maximum atomic E-state index is 12.7. The van der Waals surface area contributed by atoms with Crippen LogP contribution in [0.3, 0.4) is 0 Å². The molecule has 3 rings (SSSR count). The zero-order valence-electron chi connectivity index (χ0n) is 13.3. The van der Waals surface area contributed by atoms with Gasteiger partial charge in [-0.25, -0.2) is 0 Å². The van der Waals surface area contributed by atoms with E-state index in [0.29, 0.717) is 24.2 Å². The minimum absolute atomic E-state index is 0.164. The molecule has 120 valence electrons. The predicted molar refractivity (Wildman–Crippen MR) is 91.4 cm³/mol. The van der Waals surface area contributed by atoms with E-state index in [1.807, 2.05) is 42.5 Å². The van der Waals surface area contributed by atoms with E-state index in [1.54, 1.807) is 12.1 Å². The molecule has 1 atom stereocenters. The quantitative estimate of drug-likeness (QED) is 0.817. The van der Waals surface area contributed by atoms with E-state index in [1.165, 1.54) is 12.0 Å². The number of hydrogen-bond donors (Lipinski definition) is 0. The van der Waals surface area contributed by atoms with Crippen LogP contribution in [0, 0.1) is 11.3 Å². The number of nitrogens with zero attached hydrogens (tertiary/aromatic N) is 3. The minimum atomic E-state index is -0.500. The Hall–Kier alpha value is -3.13. The standard InChI is InChI=1S/C19H17N3O2/c1-24-21-17-11-18(12-20)22(13-17)19(23)16-9-7-15(8-10-16)14-5-3-2-4-6-14/h2-10,18H,11,13H2,1H3/b21-17+/t18-/m0/s1. The molecular formula is C19H17N3O2. The van der Waals surface area contributed by atoms with Crippen LogP contribution in [0.4, 0.5) is 0 Å². The van der Waals surface area contributed by atoms with Gasteiger partial charge >= 0.3 is 0 Å². The van der Waals surface area contributed by atoms with E-state index in [-0.39, 0.29) is 5.91 Å². The highest BCUT2D eigenvalue weighted by Gasteiger charge is 2.33. The highest BCUT2D eigenvalue weighted by Crippen LogP contribution is 2.22. The largest absolute Gasteiger partial charge is 0.399 e. The Kier molecular flexibility index (Phi) is 4.57. The molecule has 1 aliphatic heterocycles. The van der Waals surface area contributed by atoms with Gasteiger partial charge in [-0.1, -0.05) is 47.6 Å². The first-order chi connectivity index (χ1) is 11.7. The highest BCUT2D eigenvalue weighted by molar-refractivity contribution is 6.01. The van der Waals surface area contributed by atoms with Crippen LogP contribution < -0.4 is 0 Å². The molecule has 2 aromatic rings. The summed E-state index contributed by atoms with van der Waals surface area (Å²) >= 11 is 0. The van der Waals surface area contributed by atoms with Gasteiger partial charge in [-0.15, -0.1) is 0 Å². The number of hydrogen-bond acceptors (Lipinski definition) is 4. The van der Waals surface area contributed by atoms with Gasteiger partial charge in [0.1, 0.15) is 13.2 Å². The number of likely N-dealkylation sites (tertiary alicyclic amines) is 1. The van der Waals surface area contributed by atoms with Crippen molar-refractivity contribution in [2.24, 2.45) is 5.16 Å². The SMILES string of the molecule is CO/N=C1\C[C@@H](C#N)N(C(=O)c2ccc(-c3ccccc3)cc2)C1.